The summed E-state index contributed by atoms with van der Waals surface area (Å²) in [5, 5.41) is 3.56. The molecule has 1 aliphatic heterocycles. The van der Waals surface area contributed by atoms with Crippen LogP contribution < -0.4 is 19.5 Å². The van der Waals surface area contributed by atoms with Crippen molar-refractivity contribution >= 4 is 33.7 Å². The van der Waals surface area contributed by atoms with Crippen molar-refractivity contribution in [3.05, 3.63) is 59.5 Å². The molecule has 2 N–H and O–H groups in total. The van der Waals surface area contributed by atoms with Crippen molar-refractivity contribution in [3.8, 4) is 11.5 Å². The molecule has 0 radical (unpaired) electrons. The number of carbonyl (C=O) groups excluding carboxylic acids is 2. The van der Waals surface area contributed by atoms with Gasteiger partial charge in [-0.2, -0.15) is 4.72 Å². The van der Waals surface area contributed by atoms with Gasteiger partial charge in [0.1, 0.15) is 6.04 Å². The maximum absolute atomic E-state index is 12.5. The highest BCUT2D eigenvalue weighted by molar-refractivity contribution is 7.92. The normalized spacial score (nSPS) is 13.8. The number of carbonyl (C=O) groups is 2. The summed E-state index contributed by atoms with van der Waals surface area (Å²) >= 11 is 0. The van der Waals surface area contributed by atoms with Crippen LogP contribution in [0.2, 0.25) is 0 Å². The molecule has 0 bridgehead atoms. The third kappa shape index (κ3) is 6.56. The van der Waals surface area contributed by atoms with Crippen LogP contribution in [0.1, 0.15) is 19.4 Å². The van der Waals surface area contributed by atoms with Crippen LogP contribution in [-0.2, 0) is 24.3 Å². The molecule has 170 valence electrons. The van der Waals surface area contributed by atoms with E-state index < -0.39 is 40.5 Å². The van der Waals surface area contributed by atoms with Gasteiger partial charge in [0.2, 0.25) is 16.8 Å². The van der Waals surface area contributed by atoms with Gasteiger partial charge < -0.3 is 19.5 Å². The van der Waals surface area contributed by atoms with Gasteiger partial charge in [0, 0.05) is 17.2 Å². The molecular weight excluding hydrogens is 436 g/mol. The summed E-state index contributed by atoms with van der Waals surface area (Å²) in [7, 11) is -3.92. The summed E-state index contributed by atoms with van der Waals surface area (Å²) < 4.78 is 42.6. The maximum Gasteiger partial charge on any atom is 0.324 e. The van der Waals surface area contributed by atoms with E-state index in [9.17, 15) is 18.0 Å². The summed E-state index contributed by atoms with van der Waals surface area (Å²) in [5.74, 6) is -0.760. The number of sulfonamides is 1. The molecule has 10 heteroatoms. The second kappa shape index (κ2) is 10.3. The number of benzene rings is 2. The van der Waals surface area contributed by atoms with E-state index >= 15 is 0 Å². The molecule has 1 heterocycles. The van der Waals surface area contributed by atoms with Crippen LogP contribution in [0.3, 0.4) is 0 Å². The largest absolute Gasteiger partial charge is 0.454 e. The molecule has 32 heavy (non-hydrogen) atoms. The van der Waals surface area contributed by atoms with Gasteiger partial charge in [0.15, 0.2) is 18.1 Å². The second-order valence-electron chi connectivity index (χ2n) is 7.32. The molecule has 0 fully saturated rings. The van der Waals surface area contributed by atoms with Crippen LogP contribution in [-0.4, -0.2) is 39.7 Å². The average Bonchev–Trinajstić information content (AvgIpc) is 3.23. The monoisotopic (exact) mass is 460 g/mol. The number of ether oxygens (including phenoxy) is 3. The van der Waals surface area contributed by atoms with E-state index in [-0.39, 0.29) is 6.79 Å². The zero-order chi connectivity index (χ0) is 23.1. The Labute approximate surface area is 186 Å². The number of fused-ring (bicyclic) bond motifs is 1. The molecule has 0 saturated heterocycles. The first-order valence-electron chi connectivity index (χ1n) is 9.85. The van der Waals surface area contributed by atoms with Gasteiger partial charge in [0.25, 0.3) is 5.91 Å². The fourth-order valence-corrected chi connectivity index (χ4v) is 3.94. The number of rotatable bonds is 9. The molecule has 1 atom stereocenters. The topological polar surface area (TPSA) is 120 Å². The van der Waals surface area contributed by atoms with Gasteiger partial charge in [-0.1, -0.05) is 44.2 Å². The van der Waals surface area contributed by atoms with Gasteiger partial charge in [-0.3, -0.25) is 9.59 Å². The SMILES string of the molecule is CC(C)[C@@H](NS(=O)(=O)/C=C/c1ccccc1)C(=O)OCC(=O)Nc1ccc2c(c1)OCO2. The van der Waals surface area contributed by atoms with Crippen molar-refractivity contribution in [3.63, 3.8) is 0 Å². The molecule has 3 rings (SSSR count). The van der Waals surface area contributed by atoms with E-state index in [2.05, 4.69) is 10.0 Å². The summed E-state index contributed by atoms with van der Waals surface area (Å²) in [6.45, 7) is 2.87. The van der Waals surface area contributed by atoms with Crippen LogP contribution >= 0.6 is 0 Å². The molecule has 0 aliphatic carbocycles. The van der Waals surface area contributed by atoms with Gasteiger partial charge in [-0.15, -0.1) is 0 Å². The van der Waals surface area contributed by atoms with E-state index in [0.717, 1.165) is 5.41 Å². The Morgan fingerprint density at radius 1 is 1.09 bits per heavy atom. The number of anilines is 1. The lowest BCUT2D eigenvalue weighted by Gasteiger charge is -2.19. The predicted octanol–water partition coefficient (Wildman–Crippen LogP) is 2.51. The van der Waals surface area contributed by atoms with Gasteiger partial charge in [0.05, 0.1) is 0 Å². The number of hydrogen-bond acceptors (Lipinski definition) is 7. The molecule has 2 aromatic carbocycles. The van der Waals surface area contributed by atoms with Gasteiger partial charge in [-0.05, 0) is 29.7 Å². The Balaban J connectivity index is 1.55. The van der Waals surface area contributed by atoms with Crippen LogP contribution in [0.15, 0.2) is 53.9 Å². The van der Waals surface area contributed by atoms with E-state index in [1.54, 1.807) is 56.3 Å². The van der Waals surface area contributed by atoms with Crippen LogP contribution in [0.4, 0.5) is 5.69 Å². The number of esters is 1. The molecule has 2 aromatic rings. The minimum atomic E-state index is -3.92. The fraction of sp³-hybridized carbons (Fsp3) is 0.273. The fourth-order valence-electron chi connectivity index (χ4n) is 2.80. The molecule has 1 aliphatic rings. The molecular formula is C22H24N2O7S. The summed E-state index contributed by atoms with van der Waals surface area (Å²) in [5.41, 5.74) is 1.14. The lowest BCUT2D eigenvalue weighted by Crippen LogP contribution is -2.45. The third-order valence-electron chi connectivity index (χ3n) is 4.45. The second-order valence-corrected chi connectivity index (χ2v) is 8.92. The predicted molar refractivity (Wildman–Crippen MR) is 118 cm³/mol. The number of nitrogens with one attached hydrogen (secondary N) is 2. The Hall–Kier alpha value is -3.37. The number of amides is 1. The summed E-state index contributed by atoms with van der Waals surface area (Å²) in [6, 6.07) is 12.6. The summed E-state index contributed by atoms with van der Waals surface area (Å²) in [4.78, 5) is 24.6. The lowest BCUT2D eigenvalue weighted by atomic mass is 10.1. The Morgan fingerprint density at radius 3 is 2.53 bits per heavy atom. The van der Waals surface area contributed by atoms with Crippen molar-refractivity contribution in [1.29, 1.82) is 0 Å². The third-order valence-corrected chi connectivity index (χ3v) is 5.53. The highest BCUT2D eigenvalue weighted by Gasteiger charge is 2.28. The first kappa shape index (κ1) is 23.3. The lowest BCUT2D eigenvalue weighted by molar-refractivity contribution is -0.150. The first-order chi connectivity index (χ1) is 15.2. The van der Waals surface area contributed by atoms with Crippen molar-refractivity contribution in [2.75, 3.05) is 18.7 Å². The number of hydrogen-bond donors (Lipinski definition) is 2. The van der Waals surface area contributed by atoms with Crippen LogP contribution in [0.25, 0.3) is 6.08 Å². The zero-order valence-electron chi connectivity index (χ0n) is 17.6. The Bertz CT molecular complexity index is 1100. The highest BCUT2D eigenvalue weighted by atomic mass is 32.2. The minimum Gasteiger partial charge on any atom is -0.454 e. The van der Waals surface area contributed by atoms with E-state index in [1.807, 2.05) is 6.07 Å². The quantitative estimate of drug-likeness (QED) is 0.552. The van der Waals surface area contributed by atoms with E-state index in [1.165, 1.54) is 6.08 Å². The molecule has 9 nitrogen and oxygen atoms in total. The standard InChI is InChI=1S/C22H24N2O7S/c1-15(2)21(24-32(27,28)11-10-16-6-4-3-5-7-16)22(26)29-13-20(25)23-17-8-9-18-19(12-17)31-14-30-18/h3-12,15,21,24H,13-14H2,1-2H3,(H,23,25)/b11-10+/t21-/m1/s1. The summed E-state index contributed by atoms with van der Waals surface area (Å²) in [6.07, 6.45) is 1.42. The molecule has 0 aromatic heterocycles. The van der Waals surface area contributed by atoms with Crippen LogP contribution in [0.5, 0.6) is 11.5 Å². The highest BCUT2D eigenvalue weighted by Crippen LogP contribution is 2.34. The van der Waals surface area contributed by atoms with E-state index in [0.29, 0.717) is 22.7 Å². The molecule has 1 amide bonds. The van der Waals surface area contributed by atoms with Gasteiger partial charge in [-0.25, -0.2) is 8.42 Å². The average molecular weight is 461 g/mol. The molecule has 0 unspecified atom stereocenters. The van der Waals surface area contributed by atoms with Crippen molar-refractivity contribution in [1.82, 2.24) is 4.72 Å². The van der Waals surface area contributed by atoms with Crippen molar-refractivity contribution < 1.29 is 32.2 Å². The minimum absolute atomic E-state index is 0.109. The van der Waals surface area contributed by atoms with Crippen molar-refractivity contribution in [2.45, 2.75) is 19.9 Å². The zero-order valence-corrected chi connectivity index (χ0v) is 18.4. The Morgan fingerprint density at radius 2 is 1.81 bits per heavy atom. The maximum atomic E-state index is 12.5. The van der Waals surface area contributed by atoms with Crippen molar-refractivity contribution in [2.24, 2.45) is 5.92 Å². The van der Waals surface area contributed by atoms with E-state index in [4.69, 9.17) is 14.2 Å². The Kier molecular flexibility index (Phi) is 7.49. The van der Waals surface area contributed by atoms with Gasteiger partial charge >= 0.3 is 5.97 Å². The van der Waals surface area contributed by atoms with Crippen LogP contribution in [0, 0.1) is 5.92 Å². The molecule has 0 spiro atoms. The smallest absolute Gasteiger partial charge is 0.324 e. The first-order valence-corrected chi connectivity index (χ1v) is 11.4. The molecule has 0 saturated carbocycles.